The molecule has 0 aliphatic carbocycles. The number of methoxy groups -OCH3 is 1. The van der Waals surface area contributed by atoms with E-state index >= 15 is 0 Å². The number of esters is 1. The first-order chi connectivity index (χ1) is 17.2. The molecule has 0 bridgehead atoms. The first kappa shape index (κ1) is 46.8. The smallest absolute Gasteiger partial charge is 0.302 e. The van der Waals surface area contributed by atoms with E-state index in [1.165, 1.54) is 46.0 Å². The molecule has 0 amide bonds. The highest BCUT2D eigenvalue weighted by Crippen LogP contribution is 2.10. The van der Waals surface area contributed by atoms with Gasteiger partial charge in [0.25, 0.3) is 5.97 Å². The first-order valence-corrected chi connectivity index (χ1v) is 17.2. The van der Waals surface area contributed by atoms with Crippen LogP contribution >= 0.6 is 0 Å². The zero-order chi connectivity index (χ0) is 29.7. The van der Waals surface area contributed by atoms with Crippen molar-refractivity contribution in [2.75, 3.05) is 40.1 Å². The van der Waals surface area contributed by atoms with Crippen LogP contribution in [-0.4, -0.2) is 78.7 Å². The molecule has 2 atom stereocenters. The lowest BCUT2D eigenvalue weighted by atomic mass is 10.1. The molecule has 0 aromatic heterocycles. The fourth-order valence-corrected chi connectivity index (χ4v) is 3.47. The summed E-state index contributed by atoms with van der Waals surface area (Å²) in [4.78, 5) is 20.3. The van der Waals surface area contributed by atoms with Crippen LogP contribution in [-0.2, 0) is 37.7 Å². The second-order valence-electron chi connectivity index (χ2n) is 9.72. The molecule has 2 unspecified atom stereocenters. The van der Waals surface area contributed by atoms with Gasteiger partial charge in [0.1, 0.15) is 0 Å². The molecule has 0 radical (unpaired) electrons. The molecule has 2 aliphatic rings. The molecule has 38 heavy (non-hydrogen) atoms. The van der Waals surface area contributed by atoms with Crippen molar-refractivity contribution in [2.24, 2.45) is 0 Å². The van der Waals surface area contributed by atoms with Gasteiger partial charge in [-0.25, -0.2) is 0 Å². The normalized spacial score (nSPS) is 17.4. The molecule has 0 saturated carbocycles. The molecule has 2 saturated heterocycles. The topological polar surface area (TPSA) is 89.5 Å². The average Bonchev–Trinajstić information content (AvgIpc) is 3.25. The van der Waals surface area contributed by atoms with Gasteiger partial charge in [-0.15, -0.1) is 0 Å². The van der Waals surface area contributed by atoms with E-state index in [0.717, 1.165) is 33.0 Å². The van der Waals surface area contributed by atoms with Crippen molar-refractivity contribution in [3.05, 3.63) is 0 Å². The van der Waals surface area contributed by atoms with E-state index in [1.54, 1.807) is 7.11 Å². The molecule has 0 spiro atoms. The molecule has 8 nitrogen and oxygen atoms in total. The SMILES string of the molecule is C.CC(=O)OC(C)C.CC(=O)O[Si](C)(C)C.CC1CCCCO1.CC1CCCO1.CCOC.CCOCC. The van der Waals surface area contributed by atoms with Crippen LogP contribution in [0, 0.1) is 0 Å². The summed E-state index contributed by atoms with van der Waals surface area (Å²) in [6, 6.07) is 0. The highest BCUT2D eigenvalue weighted by atomic mass is 28.4. The largest absolute Gasteiger partial charge is 0.520 e. The minimum Gasteiger partial charge on any atom is -0.520 e. The number of hydrogen-bond donors (Lipinski definition) is 0. The zero-order valence-electron chi connectivity index (χ0n) is 26.6. The lowest BCUT2D eigenvalue weighted by Gasteiger charge is -2.17. The van der Waals surface area contributed by atoms with Gasteiger partial charge in [-0.05, 0) is 100 Å². The maximum absolute atomic E-state index is 10.3. The summed E-state index contributed by atoms with van der Waals surface area (Å²) in [5, 5.41) is 0. The number of carbonyl (C=O) groups is 2. The van der Waals surface area contributed by atoms with Crippen LogP contribution < -0.4 is 0 Å². The van der Waals surface area contributed by atoms with Crippen LogP contribution in [0.25, 0.3) is 0 Å². The molecule has 2 aliphatic heterocycles. The Hall–Kier alpha value is -1.00. The van der Waals surface area contributed by atoms with E-state index in [0.29, 0.717) is 12.2 Å². The van der Waals surface area contributed by atoms with E-state index < -0.39 is 8.32 Å². The monoisotopic (exact) mass is 570 g/mol. The summed E-state index contributed by atoms with van der Waals surface area (Å²) in [7, 11) is 0.111. The van der Waals surface area contributed by atoms with Crippen molar-refractivity contribution in [3.63, 3.8) is 0 Å². The van der Waals surface area contributed by atoms with E-state index in [1.807, 2.05) is 54.3 Å². The van der Waals surface area contributed by atoms with Gasteiger partial charge in [-0.2, -0.15) is 0 Å². The molecular formula is C29H66O8Si. The molecule has 2 heterocycles. The Labute approximate surface area is 237 Å². The van der Waals surface area contributed by atoms with Gasteiger partial charge >= 0.3 is 5.97 Å². The highest BCUT2D eigenvalue weighted by Gasteiger charge is 2.16. The van der Waals surface area contributed by atoms with Crippen LogP contribution in [0.5, 0.6) is 0 Å². The summed E-state index contributed by atoms with van der Waals surface area (Å²) in [5.41, 5.74) is 0. The third-order valence-corrected chi connectivity index (χ3v) is 5.01. The Kier molecular flexibility index (Phi) is 41.9. The van der Waals surface area contributed by atoms with Crippen LogP contribution in [0.4, 0.5) is 0 Å². The highest BCUT2D eigenvalue weighted by molar-refractivity contribution is 6.71. The summed E-state index contributed by atoms with van der Waals surface area (Å²) in [6.45, 7) is 27.1. The third-order valence-electron chi connectivity index (χ3n) is 4.11. The van der Waals surface area contributed by atoms with Crippen LogP contribution in [0.2, 0.25) is 19.6 Å². The van der Waals surface area contributed by atoms with Crippen molar-refractivity contribution >= 4 is 20.3 Å². The minimum atomic E-state index is -1.57. The summed E-state index contributed by atoms with van der Waals surface area (Å²) < 4.78 is 29.4. The predicted molar refractivity (Wildman–Crippen MR) is 162 cm³/mol. The molecule has 2 rings (SSSR count). The average molecular weight is 571 g/mol. The summed E-state index contributed by atoms with van der Waals surface area (Å²) in [6.07, 6.45) is 7.53. The van der Waals surface area contributed by atoms with E-state index in [-0.39, 0.29) is 25.5 Å². The zero-order valence-corrected chi connectivity index (χ0v) is 27.6. The second-order valence-corrected chi connectivity index (χ2v) is 14.2. The Balaban J connectivity index is -0.000000115. The number of rotatable bonds is 5. The molecule has 0 aromatic rings. The van der Waals surface area contributed by atoms with Crippen LogP contribution in [0.15, 0.2) is 0 Å². The maximum atomic E-state index is 10.3. The third kappa shape index (κ3) is 59.9. The van der Waals surface area contributed by atoms with E-state index in [9.17, 15) is 9.59 Å². The standard InChI is InChI=1S/C6H12O.C5H12O2Si.C5H10O2.C5H10O.C4H10O.C3H8O.CH4/c1-6-4-2-3-5-7-6;1-5(6)7-8(2,3)4;1-4(2)7-5(3)6;1-5-3-2-4-6-5;1-3-5-4-2;1-3-4-2;/h6H,2-5H2,1H3;1-4H3;4H,1-3H3;5H,2-4H2,1H3;3-4H2,1-2H3;3H2,1-2H3;1H4. The van der Waals surface area contributed by atoms with Gasteiger partial charge in [0, 0.05) is 54.0 Å². The first-order valence-electron chi connectivity index (χ1n) is 13.8. The molecule has 9 heteroatoms. The van der Waals surface area contributed by atoms with Crippen molar-refractivity contribution in [1.82, 2.24) is 0 Å². The fourth-order valence-electron chi connectivity index (χ4n) is 2.61. The number of ether oxygens (including phenoxy) is 5. The van der Waals surface area contributed by atoms with Crippen molar-refractivity contribution in [3.8, 4) is 0 Å². The van der Waals surface area contributed by atoms with Crippen LogP contribution in [0.3, 0.4) is 0 Å². The lowest BCUT2D eigenvalue weighted by Crippen LogP contribution is -2.27. The fraction of sp³-hybridized carbons (Fsp3) is 0.931. The van der Waals surface area contributed by atoms with Gasteiger partial charge in [0.05, 0.1) is 18.3 Å². The number of hydrogen-bond acceptors (Lipinski definition) is 8. The van der Waals surface area contributed by atoms with Gasteiger partial charge in [0.2, 0.25) is 8.32 Å². The summed E-state index contributed by atoms with van der Waals surface area (Å²) >= 11 is 0. The van der Waals surface area contributed by atoms with Gasteiger partial charge in [-0.3, -0.25) is 9.59 Å². The van der Waals surface area contributed by atoms with Crippen LogP contribution in [0.1, 0.15) is 102 Å². The van der Waals surface area contributed by atoms with Crippen molar-refractivity contribution in [1.29, 1.82) is 0 Å². The summed E-state index contributed by atoms with van der Waals surface area (Å²) in [5.74, 6) is -0.376. The molecular weight excluding hydrogens is 504 g/mol. The molecule has 0 aromatic carbocycles. The Morgan fingerprint density at radius 3 is 1.32 bits per heavy atom. The van der Waals surface area contributed by atoms with Crippen molar-refractivity contribution < 1.29 is 37.7 Å². The Bertz CT molecular complexity index is 466. The molecule has 234 valence electrons. The quantitative estimate of drug-likeness (QED) is 0.249. The van der Waals surface area contributed by atoms with Gasteiger partial charge < -0.3 is 28.1 Å². The maximum Gasteiger partial charge on any atom is 0.302 e. The Morgan fingerprint density at radius 2 is 1.24 bits per heavy atom. The predicted octanol–water partition coefficient (Wildman–Crippen LogP) is 7.43. The second kappa shape index (κ2) is 34.0. The molecule has 2 fully saturated rings. The van der Waals surface area contributed by atoms with E-state index in [4.69, 9.17) is 18.6 Å². The Morgan fingerprint density at radius 1 is 0.816 bits per heavy atom. The minimum absolute atomic E-state index is 0. The van der Waals surface area contributed by atoms with Gasteiger partial charge in [0.15, 0.2) is 0 Å². The molecule has 0 N–H and O–H groups in total. The number of carbonyl (C=O) groups excluding carboxylic acids is 2. The van der Waals surface area contributed by atoms with Crippen molar-refractivity contribution in [2.45, 2.75) is 140 Å². The lowest BCUT2D eigenvalue weighted by molar-refractivity contribution is -0.144. The van der Waals surface area contributed by atoms with Gasteiger partial charge in [-0.1, -0.05) is 7.43 Å². The van der Waals surface area contributed by atoms with E-state index in [2.05, 4.69) is 23.3 Å².